The maximum absolute atomic E-state index is 12.9. The van der Waals surface area contributed by atoms with Gasteiger partial charge in [0.15, 0.2) is 0 Å². The van der Waals surface area contributed by atoms with Crippen LogP contribution in [0.25, 0.3) is 0 Å². The number of amides is 3. The summed E-state index contributed by atoms with van der Waals surface area (Å²) < 4.78 is 12.9. The molecule has 140 valence electrons. The van der Waals surface area contributed by atoms with Crippen LogP contribution >= 0.6 is 11.6 Å². The second kappa shape index (κ2) is 8.18. The van der Waals surface area contributed by atoms with E-state index in [1.54, 1.807) is 12.1 Å². The monoisotopic (exact) mass is 389 g/mol. The molecule has 2 aromatic carbocycles. The first-order valence-electron chi connectivity index (χ1n) is 8.37. The molecule has 0 saturated carbocycles. The Kier molecular flexibility index (Phi) is 5.71. The summed E-state index contributed by atoms with van der Waals surface area (Å²) in [4.78, 5) is 38.0. The molecular weight excluding hydrogens is 373 g/mol. The number of halogens is 2. The molecule has 1 saturated heterocycles. The van der Waals surface area contributed by atoms with E-state index < -0.39 is 11.8 Å². The molecule has 2 aromatic rings. The lowest BCUT2D eigenvalue weighted by Crippen LogP contribution is -2.43. The Morgan fingerprint density at radius 2 is 1.85 bits per heavy atom. The Morgan fingerprint density at radius 1 is 1.11 bits per heavy atom. The van der Waals surface area contributed by atoms with Crippen molar-refractivity contribution >= 4 is 35.0 Å². The highest BCUT2D eigenvalue weighted by Gasteiger charge is 2.26. The molecule has 1 fully saturated rings. The van der Waals surface area contributed by atoms with Crippen LogP contribution in [0.5, 0.6) is 0 Å². The molecule has 0 aliphatic carbocycles. The lowest BCUT2D eigenvalue weighted by Gasteiger charge is -2.20. The van der Waals surface area contributed by atoms with Gasteiger partial charge in [-0.15, -0.1) is 0 Å². The third-order valence-corrected chi connectivity index (χ3v) is 4.40. The summed E-state index contributed by atoms with van der Waals surface area (Å²) in [5, 5.41) is 0.404. The molecule has 27 heavy (non-hydrogen) atoms. The lowest BCUT2D eigenvalue weighted by atomic mass is 10.1. The molecule has 8 heteroatoms. The predicted molar refractivity (Wildman–Crippen MR) is 98.8 cm³/mol. The van der Waals surface area contributed by atoms with Crippen molar-refractivity contribution in [3.63, 3.8) is 0 Å². The Balaban J connectivity index is 1.66. The summed E-state index contributed by atoms with van der Waals surface area (Å²) in [6, 6.07) is 10.1. The molecule has 0 radical (unpaired) electrons. The van der Waals surface area contributed by atoms with Crippen LogP contribution in [0, 0.1) is 5.82 Å². The van der Waals surface area contributed by atoms with Crippen LogP contribution in [0.4, 0.5) is 10.1 Å². The van der Waals surface area contributed by atoms with Gasteiger partial charge in [-0.3, -0.25) is 25.2 Å². The standard InChI is InChI=1S/C19H17ClFN3O3/c20-13-5-8-15(16(11-13)24-9-1-2-18(24)26)19(27)23-22-17(25)10-12-3-6-14(21)7-4-12/h3-8,11H,1-2,9-10H2,(H,22,25)(H,23,27). The number of hydrogen-bond acceptors (Lipinski definition) is 3. The molecule has 1 aliphatic rings. The van der Waals surface area contributed by atoms with Gasteiger partial charge in [0.05, 0.1) is 17.7 Å². The Labute approximate surface area is 160 Å². The first-order valence-corrected chi connectivity index (χ1v) is 8.75. The van der Waals surface area contributed by atoms with Crippen molar-refractivity contribution in [1.82, 2.24) is 10.9 Å². The minimum absolute atomic E-state index is 0.0152. The molecule has 1 heterocycles. The van der Waals surface area contributed by atoms with E-state index >= 15 is 0 Å². The summed E-state index contributed by atoms with van der Waals surface area (Å²) in [6.45, 7) is 0.510. The van der Waals surface area contributed by atoms with Crippen molar-refractivity contribution in [2.45, 2.75) is 19.3 Å². The smallest absolute Gasteiger partial charge is 0.271 e. The van der Waals surface area contributed by atoms with E-state index in [1.807, 2.05) is 0 Å². The van der Waals surface area contributed by atoms with Gasteiger partial charge >= 0.3 is 0 Å². The highest BCUT2D eigenvalue weighted by atomic mass is 35.5. The van der Waals surface area contributed by atoms with Crippen LogP contribution in [-0.4, -0.2) is 24.3 Å². The van der Waals surface area contributed by atoms with Crippen molar-refractivity contribution in [3.8, 4) is 0 Å². The fourth-order valence-corrected chi connectivity index (χ4v) is 3.01. The zero-order chi connectivity index (χ0) is 19.4. The molecule has 0 unspecified atom stereocenters. The van der Waals surface area contributed by atoms with E-state index in [0.717, 1.165) is 0 Å². The van der Waals surface area contributed by atoms with Crippen LogP contribution < -0.4 is 15.8 Å². The highest BCUT2D eigenvalue weighted by Crippen LogP contribution is 2.28. The van der Waals surface area contributed by atoms with Gasteiger partial charge in [0, 0.05) is 18.0 Å². The number of hydrogen-bond donors (Lipinski definition) is 2. The van der Waals surface area contributed by atoms with E-state index in [4.69, 9.17) is 11.6 Å². The summed E-state index contributed by atoms with van der Waals surface area (Å²) in [7, 11) is 0. The van der Waals surface area contributed by atoms with Gasteiger partial charge in [0.25, 0.3) is 5.91 Å². The minimum Gasteiger partial charge on any atom is -0.312 e. The first-order chi connectivity index (χ1) is 12.9. The fraction of sp³-hybridized carbons (Fsp3) is 0.211. The number of anilines is 1. The molecule has 2 N–H and O–H groups in total. The number of nitrogens with zero attached hydrogens (tertiary/aromatic N) is 1. The Bertz CT molecular complexity index is 886. The number of benzene rings is 2. The van der Waals surface area contributed by atoms with Crippen molar-refractivity contribution in [3.05, 3.63) is 64.4 Å². The molecule has 0 spiro atoms. The van der Waals surface area contributed by atoms with Crippen LogP contribution in [0.15, 0.2) is 42.5 Å². The van der Waals surface area contributed by atoms with Gasteiger partial charge in [-0.25, -0.2) is 4.39 Å². The second-order valence-electron chi connectivity index (χ2n) is 6.12. The van der Waals surface area contributed by atoms with Crippen molar-refractivity contribution in [2.75, 3.05) is 11.4 Å². The Hall–Kier alpha value is -2.93. The topological polar surface area (TPSA) is 78.5 Å². The fourth-order valence-electron chi connectivity index (χ4n) is 2.85. The van der Waals surface area contributed by atoms with E-state index in [2.05, 4.69) is 10.9 Å². The summed E-state index contributed by atoms with van der Waals surface area (Å²) >= 11 is 6.01. The molecule has 0 aromatic heterocycles. The largest absolute Gasteiger partial charge is 0.312 e. The van der Waals surface area contributed by atoms with E-state index in [9.17, 15) is 18.8 Å². The number of nitrogens with one attached hydrogen (secondary N) is 2. The molecule has 3 amide bonds. The summed E-state index contributed by atoms with van der Waals surface area (Å²) in [6.07, 6.45) is 1.11. The quantitative estimate of drug-likeness (QED) is 0.789. The van der Waals surface area contributed by atoms with Gasteiger partial charge < -0.3 is 4.90 Å². The van der Waals surface area contributed by atoms with Gasteiger partial charge in [-0.1, -0.05) is 23.7 Å². The van der Waals surface area contributed by atoms with Crippen molar-refractivity contribution in [2.24, 2.45) is 0 Å². The molecule has 0 bridgehead atoms. The molecule has 1 aliphatic heterocycles. The van der Waals surface area contributed by atoms with Crippen molar-refractivity contribution < 1.29 is 18.8 Å². The summed E-state index contributed by atoms with van der Waals surface area (Å²) in [5.41, 5.74) is 5.91. The van der Waals surface area contributed by atoms with Gasteiger partial charge in [-0.2, -0.15) is 0 Å². The minimum atomic E-state index is -0.561. The zero-order valence-electron chi connectivity index (χ0n) is 14.3. The van der Waals surface area contributed by atoms with Crippen LogP contribution in [0.1, 0.15) is 28.8 Å². The van der Waals surface area contributed by atoms with E-state index in [1.165, 1.54) is 35.2 Å². The molecule has 3 rings (SSSR count). The zero-order valence-corrected chi connectivity index (χ0v) is 15.1. The second-order valence-corrected chi connectivity index (χ2v) is 6.55. The Morgan fingerprint density at radius 3 is 2.52 bits per heavy atom. The molecule has 0 atom stereocenters. The normalized spacial score (nSPS) is 13.6. The average molecular weight is 390 g/mol. The predicted octanol–water partition coefficient (Wildman–Crippen LogP) is 2.61. The van der Waals surface area contributed by atoms with Crippen LogP contribution in [-0.2, 0) is 16.0 Å². The average Bonchev–Trinajstić information content (AvgIpc) is 3.07. The maximum atomic E-state index is 12.9. The lowest BCUT2D eigenvalue weighted by molar-refractivity contribution is -0.121. The molecular formula is C19H17ClFN3O3. The maximum Gasteiger partial charge on any atom is 0.271 e. The number of rotatable bonds is 4. The van der Waals surface area contributed by atoms with Crippen molar-refractivity contribution in [1.29, 1.82) is 0 Å². The number of carbonyl (C=O) groups is 3. The van der Waals surface area contributed by atoms with Gasteiger partial charge in [-0.05, 0) is 42.3 Å². The van der Waals surface area contributed by atoms with Crippen LogP contribution in [0.2, 0.25) is 5.02 Å². The third kappa shape index (κ3) is 4.62. The first kappa shape index (κ1) is 18.8. The van der Waals surface area contributed by atoms with E-state index in [0.29, 0.717) is 35.7 Å². The highest BCUT2D eigenvalue weighted by molar-refractivity contribution is 6.31. The molecule has 6 nitrogen and oxygen atoms in total. The van der Waals surface area contributed by atoms with Gasteiger partial charge in [0.2, 0.25) is 11.8 Å². The third-order valence-electron chi connectivity index (χ3n) is 4.16. The SMILES string of the molecule is O=C(Cc1ccc(F)cc1)NNC(=O)c1ccc(Cl)cc1N1CCCC1=O. The number of carbonyl (C=O) groups excluding carboxylic acids is 3. The summed E-state index contributed by atoms with van der Waals surface area (Å²) in [5.74, 6) is -1.48. The number of hydrazine groups is 1. The van der Waals surface area contributed by atoms with Crippen LogP contribution in [0.3, 0.4) is 0 Å². The van der Waals surface area contributed by atoms with E-state index in [-0.39, 0.29) is 23.7 Å². The van der Waals surface area contributed by atoms with Gasteiger partial charge in [0.1, 0.15) is 5.82 Å².